The molecule has 0 radical (unpaired) electrons. The highest BCUT2D eigenvalue weighted by Crippen LogP contribution is 2.51. The minimum atomic E-state index is -0.0976. The number of para-hydroxylation sites is 2. The Morgan fingerprint density at radius 3 is 2.02 bits per heavy atom. The van der Waals surface area contributed by atoms with Gasteiger partial charge in [0.1, 0.15) is 16.9 Å². The van der Waals surface area contributed by atoms with Crippen LogP contribution in [0.2, 0.25) is 0 Å². The Bertz CT molecular complexity index is 3060. The fourth-order valence-electron chi connectivity index (χ4n) is 9.18. The van der Waals surface area contributed by atoms with Gasteiger partial charge in [-0.3, -0.25) is 0 Å². The van der Waals surface area contributed by atoms with Crippen molar-refractivity contribution in [2.45, 2.75) is 31.8 Å². The lowest BCUT2D eigenvalue weighted by atomic mass is 9.82. The van der Waals surface area contributed by atoms with Crippen molar-refractivity contribution in [3.63, 3.8) is 0 Å². The van der Waals surface area contributed by atoms with Crippen molar-refractivity contribution in [1.29, 1.82) is 0 Å². The summed E-state index contributed by atoms with van der Waals surface area (Å²) < 4.78 is 8.80. The Kier molecular flexibility index (Phi) is 8.49. The Hall–Kier alpha value is -6.88. The predicted octanol–water partition coefficient (Wildman–Crippen LogP) is 15.2. The normalized spacial score (nSPS) is 15.2. The van der Waals surface area contributed by atoms with Gasteiger partial charge in [0.05, 0.1) is 11.0 Å². The number of ether oxygens (including phenoxy) is 1. The molecule has 1 unspecified atom stereocenters. The maximum absolute atomic E-state index is 6.33. The van der Waals surface area contributed by atoms with E-state index in [0.29, 0.717) is 0 Å². The number of anilines is 3. The van der Waals surface area contributed by atoms with Gasteiger partial charge in [0.15, 0.2) is 0 Å². The molecule has 0 saturated heterocycles. The second-order valence-corrected chi connectivity index (χ2v) is 17.1. The Labute approximate surface area is 349 Å². The summed E-state index contributed by atoms with van der Waals surface area (Å²) in [6, 6.07) is 65.8. The molecule has 284 valence electrons. The van der Waals surface area contributed by atoms with Crippen LogP contribution in [-0.4, -0.2) is 10.7 Å². The maximum atomic E-state index is 6.33. The van der Waals surface area contributed by atoms with Crippen molar-refractivity contribution < 1.29 is 4.74 Å². The van der Waals surface area contributed by atoms with Crippen molar-refractivity contribution in [2.24, 2.45) is 0 Å². The van der Waals surface area contributed by atoms with Crippen molar-refractivity contribution in [2.75, 3.05) is 4.90 Å². The number of nitrogens with zero attached hydrogens (tertiary/aromatic N) is 2. The van der Waals surface area contributed by atoms with Crippen molar-refractivity contribution >= 4 is 55.2 Å². The molecule has 11 rings (SSSR count). The Morgan fingerprint density at radius 1 is 0.576 bits per heavy atom. The van der Waals surface area contributed by atoms with E-state index in [1.165, 1.54) is 76.3 Å². The first-order valence-corrected chi connectivity index (χ1v) is 21.3. The highest BCUT2D eigenvalue weighted by atomic mass is 32.1. The van der Waals surface area contributed by atoms with E-state index in [1.807, 2.05) is 41.7 Å². The number of hydrogen-bond donors (Lipinski definition) is 0. The van der Waals surface area contributed by atoms with Crippen LogP contribution in [0.1, 0.15) is 31.4 Å². The molecule has 0 saturated carbocycles. The first-order chi connectivity index (χ1) is 29.0. The van der Waals surface area contributed by atoms with Gasteiger partial charge < -0.3 is 14.2 Å². The van der Waals surface area contributed by atoms with Crippen LogP contribution in [0.4, 0.5) is 16.4 Å². The van der Waals surface area contributed by atoms with Gasteiger partial charge in [-0.05, 0) is 124 Å². The van der Waals surface area contributed by atoms with E-state index >= 15 is 0 Å². The van der Waals surface area contributed by atoms with Crippen LogP contribution >= 0.6 is 11.3 Å². The van der Waals surface area contributed by atoms with Crippen LogP contribution in [0.15, 0.2) is 200 Å². The second kappa shape index (κ2) is 14.2. The summed E-state index contributed by atoms with van der Waals surface area (Å²) in [7, 11) is 0. The Balaban J connectivity index is 1.00. The topological polar surface area (TPSA) is 17.4 Å². The van der Waals surface area contributed by atoms with E-state index < -0.39 is 0 Å². The monoisotopic (exact) mass is 778 g/mol. The van der Waals surface area contributed by atoms with Gasteiger partial charge in [-0.2, -0.15) is 0 Å². The zero-order chi connectivity index (χ0) is 39.5. The average molecular weight is 779 g/mol. The summed E-state index contributed by atoms with van der Waals surface area (Å²) in [4.78, 5) is 3.61. The third-order valence-corrected chi connectivity index (χ3v) is 13.3. The lowest BCUT2D eigenvalue weighted by Crippen LogP contribution is -2.16. The first-order valence-electron chi connectivity index (χ1n) is 20.4. The summed E-state index contributed by atoms with van der Waals surface area (Å²) in [5.74, 6) is 0.894. The van der Waals surface area contributed by atoms with Gasteiger partial charge in [-0.25, -0.2) is 0 Å². The quantitative estimate of drug-likeness (QED) is 0.153. The van der Waals surface area contributed by atoms with Crippen LogP contribution in [0.25, 0.3) is 60.2 Å². The zero-order valence-electron chi connectivity index (χ0n) is 33.0. The SMILES string of the molecule is CC1(C)c2ccccc2-c2cc3c4cc(-c5ccc(N(c6ccccc6)c6ccc(-c7ccccc7)s6)cc5)ccc4n(C4=CCC(Oc5ccccc5)C=C4)c3cc21. The summed E-state index contributed by atoms with van der Waals surface area (Å²) in [5, 5.41) is 3.70. The van der Waals surface area contributed by atoms with Gasteiger partial charge in [0.2, 0.25) is 0 Å². The smallest absolute Gasteiger partial charge is 0.121 e. The molecular weight excluding hydrogens is 737 g/mol. The number of thiophene rings is 1. The number of fused-ring (bicyclic) bond motifs is 6. The molecule has 9 aromatic rings. The van der Waals surface area contributed by atoms with Crippen LogP contribution in [0.5, 0.6) is 5.75 Å². The molecule has 7 aromatic carbocycles. The molecule has 2 aromatic heterocycles. The van der Waals surface area contributed by atoms with Gasteiger partial charge in [-0.15, -0.1) is 11.3 Å². The molecule has 59 heavy (non-hydrogen) atoms. The third-order valence-electron chi connectivity index (χ3n) is 12.1. The van der Waals surface area contributed by atoms with E-state index in [4.69, 9.17) is 4.74 Å². The fraction of sp³-hybridized carbons (Fsp3) is 0.0909. The third kappa shape index (κ3) is 6.11. The van der Waals surface area contributed by atoms with Crippen molar-refractivity contribution in [3.8, 4) is 38.4 Å². The standard InChI is InChI=1S/C55H42N2OS/c1-55(2)49-21-13-12-20-45(49)46-35-48-47-34-39(24-31-51(47)57(52(48)36-50(46)55)42-27-29-44(30-28-42)58-43-18-10-5-11-19-43)37-22-25-41(26-23-37)56(40-16-8-4-9-17-40)54-33-32-53(59-54)38-14-6-3-7-15-38/h3-29,31-36,44H,30H2,1-2H3. The lowest BCUT2D eigenvalue weighted by Gasteiger charge is -2.24. The molecule has 2 aliphatic carbocycles. The molecule has 4 heteroatoms. The highest BCUT2D eigenvalue weighted by Gasteiger charge is 2.36. The Morgan fingerprint density at radius 2 is 1.25 bits per heavy atom. The molecule has 0 spiro atoms. The number of rotatable bonds is 8. The summed E-state index contributed by atoms with van der Waals surface area (Å²) in [6.45, 7) is 4.73. The molecule has 0 amide bonds. The van der Waals surface area contributed by atoms with Crippen LogP contribution < -0.4 is 9.64 Å². The molecule has 2 heterocycles. The van der Waals surface area contributed by atoms with Gasteiger partial charge in [0, 0.05) is 44.6 Å². The summed E-state index contributed by atoms with van der Waals surface area (Å²) >= 11 is 1.81. The largest absolute Gasteiger partial charge is 0.486 e. The van der Waals surface area contributed by atoms with Gasteiger partial charge >= 0.3 is 0 Å². The first kappa shape index (κ1) is 35.3. The van der Waals surface area contributed by atoms with Crippen LogP contribution in [0, 0.1) is 0 Å². The lowest BCUT2D eigenvalue weighted by molar-refractivity contribution is 0.252. The highest BCUT2D eigenvalue weighted by molar-refractivity contribution is 7.19. The number of hydrogen-bond acceptors (Lipinski definition) is 3. The minimum Gasteiger partial charge on any atom is -0.486 e. The summed E-state index contributed by atoms with van der Waals surface area (Å²) in [6.07, 6.45) is 7.57. The molecule has 0 N–H and O–H groups in total. The molecule has 1 atom stereocenters. The van der Waals surface area contributed by atoms with E-state index in [0.717, 1.165) is 23.5 Å². The maximum Gasteiger partial charge on any atom is 0.121 e. The fourth-order valence-corrected chi connectivity index (χ4v) is 10.2. The van der Waals surface area contributed by atoms with Crippen molar-refractivity contribution in [3.05, 3.63) is 211 Å². The molecular formula is C55H42N2OS. The van der Waals surface area contributed by atoms with Gasteiger partial charge in [-0.1, -0.05) is 129 Å². The molecule has 0 aliphatic heterocycles. The number of benzene rings is 7. The van der Waals surface area contributed by atoms with E-state index in [2.05, 4.69) is 193 Å². The molecule has 3 nitrogen and oxygen atoms in total. The van der Waals surface area contributed by atoms with Crippen LogP contribution in [0.3, 0.4) is 0 Å². The second-order valence-electron chi connectivity index (χ2n) is 16.1. The zero-order valence-corrected chi connectivity index (χ0v) is 33.9. The van der Waals surface area contributed by atoms with E-state index in [9.17, 15) is 0 Å². The minimum absolute atomic E-state index is 0.00922. The molecule has 2 aliphatic rings. The average Bonchev–Trinajstić information content (AvgIpc) is 3.96. The summed E-state index contributed by atoms with van der Waals surface area (Å²) in [5.41, 5.74) is 14.8. The number of allylic oxidation sites excluding steroid dienone is 2. The van der Waals surface area contributed by atoms with E-state index in [1.54, 1.807) is 0 Å². The number of aromatic nitrogens is 1. The van der Waals surface area contributed by atoms with Crippen molar-refractivity contribution in [1.82, 2.24) is 4.57 Å². The van der Waals surface area contributed by atoms with Crippen LogP contribution in [-0.2, 0) is 5.41 Å². The molecule has 0 fully saturated rings. The van der Waals surface area contributed by atoms with Gasteiger partial charge in [0.25, 0.3) is 0 Å². The van der Waals surface area contributed by atoms with E-state index in [-0.39, 0.29) is 11.5 Å². The predicted molar refractivity (Wildman–Crippen MR) is 249 cm³/mol. The molecule has 0 bridgehead atoms.